The number of likely N-dealkylation sites (tertiary alicyclic amines) is 2. The van der Waals surface area contributed by atoms with Crippen molar-refractivity contribution in [3.8, 4) is 0 Å². The van der Waals surface area contributed by atoms with E-state index in [1.165, 1.54) is 38.8 Å². The van der Waals surface area contributed by atoms with Gasteiger partial charge in [-0.3, -0.25) is 14.6 Å². The quantitative estimate of drug-likeness (QED) is 0.716. The van der Waals surface area contributed by atoms with Crippen LogP contribution in [0.2, 0.25) is 0 Å². The highest BCUT2D eigenvalue weighted by Crippen LogP contribution is 2.29. The summed E-state index contributed by atoms with van der Waals surface area (Å²) in [6.07, 6.45) is 7.08. The number of carbonyl (C=O) groups is 1. The Morgan fingerprint density at radius 1 is 1.03 bits per heavy atom. The van der Waals surface area contributed by atoms with E-state index in [1.807, 2.05) is 6.92 Å². The molecule has 1 amide bonds. The minimum Gasteiger partial charge on any atom is -0.380 e. The van der Waals surface area contributed by atoms with Gasteiger partial charge in [0.1, 0.15) is 0 Å². The second-order valence-corrected chi connectivity index (χ2v) is 8.92. The monoisotopic (exact) mass is 399 g/mol. The van der Waals surface area contributed by atoms with Crippen LogP contribution in [0.1, 0.15) is 43.7 Å². The predicted molar refractivity (Wildman–Crippen MR) is 116 cm³/mol. The lowest BCUT2D eigenvalue weighted by Gasteiger charge is -2.43. The van der Waals surface area contributed by atoms with Gasteiger partial charge >= 0.3 is 0 Å². The molecule has 3 aliphatic rings. The van der Waals surface area contributed by atoms with E-state index < -0.39 is 0 Å². The Labute approximate surface area is 175 Å². The number of nitrogens with zero attached hydrogens (tertiary/aromatic N) is 2. The summed E-state index contributed by atoms with van der Waals surface area (Å²) in [6.45, 7) is 8.42. The van der Waals surface area contributed by atoms with Crippen LogP contribution in [-0.2, 0) is 22.4 Å². The Hall–Kier alpha value is -1.43. The summed E-state index contributed by atoms with van der Waals surface area (Å²) in [5.74, 6) is 0.364. The van der Waals surface area contributed by atoms with Gasteiger partial charge in [-0.05, 0) is 76.2 Å². The minimum atomic E-state index is 0.146. The van der Waals surface area contributed by atoms with Crippen LogP contribution in [0.25, 0.3) is 0 Å². The van der Waals surface area contributed by atoms with Crippen molar-refractivity contribution in [2.24, 2.45) is 5.92 Å². The zero-order chi connectivity index (χ0) is 20.1. The third-order valence-electron chi connectivity index (χ3n) is 7.13. The number of carbonyl (C=O) groups excluding carboxylic acids is 1. The predicted octanol–water partition coefficient (Wildman–Crippen LogP) is 2.48. The molecule has 1 unspecified atom stereocenters. The summed E-state index contributed by atoms with van der Waals surface area (Å²) in [7, 11) is 0. The molecule has 0 saturated carbocycles. The number of rotatable bonds is 7. The zero-order valence-corrected chi connectivity index (χ0v) is 17.9. The molecule has 1 aromatic rings. The number of amides is 1. The van der Waals surface area contributed by atoms with Gasteiger partial charge in [-0.2, -0.15) is 0 Å². The lowest BCUT2D eigenvalue weighted by molar-refractivity contribution is -0.127. The maximum absolute atomic E-state index is 12.5. The van der Waals surface area contributed by atoms with E-state index in [1.54, 1.807) is 11.1 Å². The molecule has 29 heavy (non-hydrogen) atoms. The Balaban J connectivity index is 1.22. The van der Waals surface area contributed by atoms with Gasteiger partial charge < -0.3 is 10.1 Å². The molecule has 5 nitrogen and oxygen atoms in total. The second kappa shape index (κ2) is 10.1. The maximum Gasteiger partial charge on any atom is 0.224 e. The van der Waals surface area contributed by atoms with Crippen molar-refractivity contribution >= 4 is 5.91 Å². The molecule has 0 spiro atoms. The Bertz CT molecular complexity index is 647. The van der Waals surface area contributed by atoms with Crippen molar-refractivity contribution in [1.82, 2.24) is 15.1 Å². The van der Waals surface area contributed by atoms with E-state index in [0.717, 1.165) is 25.9 Å². The summed E-state index contributed by atoms with van der Waals surface area (Å²) in [5.41, 5.74) is 3.10. The fourth-order valence-electron chi connectivity index (χ4n) is 5.50. The van der Waals surface area contributed by atoms with Gasteiger partial charge in [-0.25, -0.2) is 0 Å². The van der Waals surface area contributed by atoms with E-state index in [0.29, 0.717) is 31.8 Å². The largest absolute Gasteiger partial charge is 0.380 e. The molecule has 1 aromatic carbocycles. The van der Waals surface area contributed by atoms with Gasteiger partial charge in [0.2, 0.25) is 5.91 Å². The van der Waals surface area contributed by atoms with Crippen molar-refractivity contribution in [3.63, 3.8) is 0 Å². The van der Waals surface area contributed by atoms with Gasteiger partial charge in [0, 0.05) is 31.8 Å². The Morgan fingerprint density at radius 3 is 2.45 bits per heavy atom. The first-order valence-corrected chi connectivity index (χ1v) is 11.6. The molecule has 160 valence electrons. The van der Waals surface area contributed by atoms with Crippen LogP contribution in [0.3, 0.4) is 0 Å². The third-order valence-corrected chi connectivity index (χ3v) is 7.13. The number of ether oxygens (including phenoxy) is 1. The van der Waals surface area contributed by atoms with Crippen LogP contribution in [0.15, 0.2) is 24.3 Å². The number of benzene rings is 1. The Morgan fingerprint density at radius 2 is 1.76 bits per heavy atom. The first kappa shape index (κ1) is 20.8. The Kier molecular flexibility index (Phi) is 7.22. The maximum atomic E-state index is 12.5. The zero-order valence-electron chi connectivity index (χ0n) is 17.9. The van der Waals surface area contributed by atoms with E-state index in [9.17, 15) is 4.79 Å². The van der Waals surface area contributed by atoms with Gasteiger partial charge in [0.25, 0.3) is 0 Å². The smallest absolute Gasteiger partial charge is 0.224 e. The molecule has 1 N–H and O–H groups in total. The van der Waals surface area contributed by atoms with E-state index >= 15 is 0 Å². The fourth-order valence-corrected chi connectivity index (χ4v) is 5.50. The molecule has 0 bridgehead atoms. The standard InChI is InChI=1S/C24H37N3O2/c1-2-29-15-11-25-24(28)21-8-5-12-27(18-21)22-9-13-26(14-10-22)23-16-19-6-3-4-7-20(19)17-23/h3-4,6-7,21-23H,2,5,8-18H2,1H3,(H,25,28). The number of hydrogen-bond acceptors (Lipinski definition) is 4. The topological polar surface area (TPSA) is 44.8 Å². The van der Waals surface area contributed by atoms with E-state index in [4.69, 9.17) is 4.74 Å². The van der Waals surface area contributed by atoms with Gasteiger partial charge in [0.05, 0.1) is 12.5 Å². The molecule has 4 rings (SSSR count). The van der Waals surface area contributed by atoms with Crippen molar-refractivity contribution in [2.75, 3.05) is 45.9 Å². The highest BCUT2D eigenvalue weighted by atomic mass is 16.5. The van der Waals surface area contributed by atoms with Crippen LogP contribution in [-0.4, -0.2) is 73.7 Å². The molecular weight excluding hydrogens is 362 g/mol. The van der Waals surface area contributed by atoms with Crippen LogP contribution < -0.4 is 5.32 Å². The summed E-state index contributed by atoms with van der Waals surface area (Å²) < 4.78 is 5.33. The molecule has 2 aliphatic heterocycles. The average Bonchev–Trinajstić information content (AvgIpc) is 3.21. The number of nitrogens with one attached hydrogen (secondary N) is 1. The van der Waals surface area contributed by atoms with Crippen LogP contribution in [0.4, 0.5) is 0 Å². The summed E-state index contributed by atoms with van der Waals surface area (Å²) in [6, 6.07) is 10.3. The molecule has 0 radical (unpaired) electrons. The fraction of sp³-hybridized carbons (Fsp3) is 0.708. The number of hydrogen-bond donors (Lipinski definition) is 1. The van der Waals surface area contributed by atoms with Gasteiger partial charge in [-0.15, -0.1) is 0 Å². The molecule has 5 heteroatoms. The molecular formula is C24H37N3O2. The third kappa shape index (κ3) is 5.19. The molecule has 0 aromatic heterocycles. The summed E-state index contributed by atoms with van der Waals surface area (Å²) in [5, 5.41) is 3.06. The first-order chi connectivity index (χ1) is 14.2. The second-order valence-electron chi connectivity index (χ2n) is 8.92. The highest BCUT2D eigenvalue weighted by molar-refractivity contribution is 5.78. The molecule has 2 saturated heterocycles. The van der Waals surface area contributed by atoms with E-state index in [2.05, 4.69) is 39.4 Å². The molecule has 1 atom stereocenters. The normalized spacial score (nSPS) is 24.5. The lowest BCUT2D eigenvalue weighted by atomic mass is 9.92. The highest BCUT2D eigenvalue weighted by Gasteiger charge is 2.34. The van der Waals surface area contributed by atoms with Crippen LogP contribution in [0.5, 0.6) is 0 Å². The lowest BCUT2D eigenvalue weighted by Crippen LogP contribution is -2.52. The average molecular weight is 400 g/mol. The number of piperidine rings is 2. The first-order valence-electron chi connectivity index (χ1n) is 11.6. The van der Waals surface area contributed by atoms with Crippen molar-refractivity contribution < 1.29 is 9.53 Å². The number of fused-ring (bicyclic) bond motifs is 1. The van der Waals surface area contributed by atoms with Crippen molar-refractivity contribution in [3.05, 3.63) is 35.4 Å². The summed E-state index contributed by atoms with van der Waals surface area (Å²) in [4.78, 5) is 17.9. The SMILES string of the molecule is CCOCCNC(=O)C1CCCN(C2CCN(C3Cc4ccccc4C3)CC2)C1. The van der Waals surface area contributed by atoms with Gasteiger partial charge in [-0.1, -0.05) is 24.3 Å². The van der Waals surface area contributed by atoms with E-state index in [-0.39, 0.29) is 11.8 Å². The summed E-state index contributed by atoms with van der Waals surface area (Å²) >= 11 is 0. The van der Waals surface area contributed by atoms with Crippen molar-refractivity contribution in [2.45, 2.75) is 57.5 Å². The van der Waals surface area contributed by atoms with Crippen LogP contribution in [0, 0.1) is 5.92 Å². The minimum absolute atomic E-state index is 0.146. The van der Waals surface area contributed by atoms with Crippen LogP contribution >= 0.6 is 0 Å². The molecule has 2 fully saturated rings. The van der Waals surface area contributed by atoms with Crippen molar-refractivity contribution in [1.29, 1.82) is 0 Å². The van der Waals surface area contributed by atoms with Gasteiger partial charge in [0.15, 0.2) is 0 Å². The molecule has 1 aliphatic carbocycles. The molecule has 2 heterocycles.